The third kappa shape index (κ3) is 9.89. The molecule has 1 heterocycles. The Bertz CT molecular complexity index is 1480. The Labute approximate surface area is 279 Å². The average Bonchev–Trinajstić information content (AvgIpc) is 3.05. The van der Waals surface area contributed by atoms with E-state index in [2.05, 4.69) is 78.3 Å². The number of amides is 3. The summed E-state index contributed by atoms with van der Waals surface area (Å²) < 4.78 is 12.8. The van der Waals surface area contributed by atoms with Crippen LogP contribution in [0.25, 0.3) is 6.08 Å². The number of aliphatic imine (C=N–C) groups is 1. The van der Waals surface area contributed by atoms with Crippen molar-refractivity contribution >= 4 is 38.4 Å². The molecule has 1 aliphatic heterocycles. The third-order valence-corrected chi connectivity index (χ3v) is 14.2. The molecular formula is C37H46N4O5Si. The second kappa shape index (κ2) is 16.2. The molecule has 1 saturated heterocycles. The molecule has 248 valence electrons. The van der Waals surface area contributed by atoms with Gasteiger partial charge in [-0.05, 0) is 34.6 Å². The summed E-state index contributed by atoms with van der Waals surface area (Å²) in [6.07, 6.45) is 3.91. The fraction of sp³-hybridized carbons (Fsp3) is 0.351. The van der Waals surface area contributed by atoms with Crippen LogP contribution in [0.15, 0.2) is 102 Å². The summed E-state index contributed by atoms with van der Waals surface area (Å²) in [7, 11) is -2.11. The summed E-state index contributed by atoms with van der Waals surface area (Å²) >= 11 is 0. The number of hydrogen-bond donors (Lipinski definition) is 2. The van der Waals surface area contributed by atoms with Crippen LogP contribution in [-0.4, -0.2) is 49.4 Å². The van der Waals surface area contributed by atoms with Crippen LogP contribution in [0.5, 0.6) is 0 Å². The van der Waals surface area contributed by atoms with Gasteiger partial charge in [-0.2, -0.15) is 0 Å². The van der Waals surface area contributed by atoms with Crippen molar-refractivity contribution in [2.75, 3.05) is 6.54 Å². The summed E-state index contributed by atoms with van der Waals surface area (Å²) in [4.78, 5) is 43.3. The van der Waals surface area contributed by atoms with Crippen LogP contribution in [0.1, 0.15) is 50.3 Å². The lowest BCUT2D eigenvalue weighted by Crippen LogP contribution is -2.72. The highest BCUT2D eigenvalue weighted by Gasteiger charge is 2.55. The van der Waals surface area contributed by atoms with Crippen molar-refractivity contribution < 1.29 is 23.9 Å². The normalized spacial score (nSPS) is 16.3. The minimum absolute atomic E-state index is 0.00718. The third-order valence-electron chi connectivity index (χ3n) is 8.80. The zero-order valence-electron chi connectivity index (χ0n) is 27.9. The number of nitrogens with zero attached hydrogens (tertiary/aromatic N) is 2. The van der Waals surface area contributed by atoms with Crippen LogP contribution in [0.2, 0.25) is 18.1 Å². The van der Waals surface area contributed by atoms with Gasteiger partial charge in [-0.25, -0.2) is 9.59 Å². The molecule has 2 N–H and O–H groups in total. The summed E-state index contributed by atoms with van der Waals surface area (Å²) in [5, 5.41) is 5.06. The molecule has 0 spiro atoms. The molecule has 1 aliphatic rings. The predicted octanol–water partition coefficient (Wildman–Crippen LogP) is 7.52. The minimum Gasteiger partial charge on any atom is -0.444 e. The number of alkyl carbamates (subject to hydrolysis) is 2. The number of nitrogens with one attached hydrogen (secondary N) is 2. The molecule has 0 radical (unpaired) electrons. The van der Waals surface area contributed by atoms with Crippen LogP contribution in [0, 0.1) is 5.92 Å². The molecule has 0 bridgehead atoms. The van der Waals surface area contributed by atoms with Crippen molar-refractivity contribution in [1.29, 1.82) is 0 Å². The van der Waals surface area contributed by atoms with Gasteiger partial charge in [-0.1, -0.05) is 137 Å². The van der Waals surface area contributed by atoms with Crippen LogP contribution in [0.3, 0.4) is 0 Å². The van der Waals surface area contributed by atoms with Crippen LogP contribution in [-0.2, 0) is 27.5 Å². The lowest BCUT2D eigenvalue weighted by atomic mass is 9.85. The highest BCUT2D eigenvalue weighted by Crippen LogP contribution is 2.46. The topological polar surface area (TPSA) is 109 Å². The number of hydrogen-bond acceptors (Lipinski definition) is 6. The number of carbonyl (C=O) groups excluding carboxylic acids is 3. The first-order valence-electron chi connectivity index (χ1n) is 16.0. The van der Waals surface area contributed by atoms with Crippen LogP contribution >= 0.6 is 0 Å². The summed E-state index contributed by atoms with van der Waals surface area (Å²) in [5.74, 6) is -0.0754. The minimum atomic E-state index is -2.11. The van der Waals surface area contributed by atoms with E-state index in [-0.39, 0.29) is 48.6 Å². The molecule has 47 heavy (non-hydrogen) atoms. The zero-order chi connectivity index (χ0) is 33.9. The standard InChI is InChI=1S/C37H46N4O5Si/c1-37(2,3)47(4,5)41-32(24-23-28-16-9-6-10-17-28)31(33(41)42)22-15-25-38-34(39-35(43)45-26-29-18-11-7-12-19-29)40-36(44)46-27-30-20-13-8-14-21-30/h6-14,16-21,23-24,31-32H,15,22,25-27H2,1-5H3,(H2,38,39,40,43,44)/t31-,32+/m0/s1. The van der Waals surface area contributed by atoms with E-state index in [1.165, 1.54) is 0 Å². The van der Waals surface area contributed by atoms with Crippen LogP contribution in [0.4, 0.5) is 9.59 Å². The fourth-order valence-corrected chi connectivity index (χ4v) is 7.64. The summed E-state index contributed by atoms with van der Waals surface area (Å²) in [5.41, 5.74) is 2.73. The lowest BCUT2D eigenvalue weighted by Gasteiger charge is -2.58. The molecule has 0 unspecified atom stereocenters. The van der Waals surface area contributed by atoms with Gasteiger partial charge in [0, 0.05) is 6.54 Å². The number of benzene rings is 3. The van der Waals surface area contributed by atoms with Gasteiger partial charge in [-0.15, -0.1) is 0 Å². The van der Waals surface area contributed by atoms with Crippen molar-refractivity contribution in [3.05, 3.63) is 114 Å². The molecular weight excluding hydrogens is 609 g/mol. The molecule has 3 aromatic carbocycles. The Hall–Kier alpha value is -4.70. The molecule has 0 aliphatic carbocycles. The van der Waals surface area contributed by atoms with Gasteiger partial charge in [0.25, 0.3) is 0 Å². The number of ether oxygens (including phenoxy) is 2. The van der Waals surface area contributed by atoms with Gasteiger partial charge < -0.3 is 14.0 Å². The monoisotopic (exact) mass is 654 g/mol. The fourth-order valence-electron chi connectivity index (χ4n) is 5.19. The molecule has 3 amide bonds. The quantitative estimate of drug-likeness (QED) is 0.0731. The highest BCUT2D eigenvalue weighted by molar-refractivity contribution is 6.80. The second-order valence-corrected chi connectivity index (χ2v) is 18.2. The highest BCUT2D eigenvalue weighted by atomic mass is 28.3. The van der Waals surface area contributed by atoms with Crippen LogP contribution < -0.4 is 10.6 Å². The van der Waals surface area contributed by atoms with Crippen molar-refractivity contribution in [1.82, 2.24) is 15.2 Å². The van der Waals surface area contributed by atoms with E-state index >= 15 is 0 Å². The van der Waals surface area contributed by atoms with E-state index in [1.807, 2.05) is 78.9 Å². The Balaban J connectivity index is 1.41. The molecule has 1 fully saturated rings. The molecule has 0 aromatic heterocycles. The Morgan fingerprint density at radius 1 is 0.830 bits per heavy atom. The molecule has 2 atom stereocenters. The predicted molar refractivity (Wildman–Crippen MR) is 188 cm³/mol. The number of guanidine groups is 1. The smallest absolute Gasteiger partial charge is 0.414 e. The van der Waals surface area contributed by atoms with E-state index in [4.69, 9.17) is 9.47 Å². The largest absolute Gasteiger partial charge is 0.444 e. The second-order valence-electron chi connectivity index (χ2n) is 13.1. The summed E-state index contributed by atoms with van der Waals surface area (Å²) in [6, 6.07) is 28.6. The first-order chi connectivity index (χ1) is 22.5. The first kappa shape index (κ1) is 35.2. The molecule has 0 saturated carbocycles. The van der Waals surface area contributed by atoms with Crippen molar-refractivity contribution in [2.24, 2.45) is 10.9 Å². The van der Waals surface area contributed by atoms with E-state index in [0.29, 0.717) is 12.8 Å². The average molecular weight is 655 g/mol. The molecule has 10 heteroatoms. The molecule has 3 aromatic rings. The molecule has 9 nitrogen and oxygen atoms in total. The number of rotatable bonds is 11. The van der Waals surface area contributed by atoms with Gasteiger partial charge in [0.1, 0.15) is 13.2 Å². The van der Waals surface area contributed by atoms with Gasteiger partial charge >= 0.3 is 12.2 Å². The van der Waals surface area contributed by atoms with Crippen molar-refractivity contribution in [3.8, 4) is 0 Å². The Morgan fingerprint density at radius 2 is 1.32 bits per heavy atom. The first-order valence-corrected chi connectivity index (χ1v) is 19.0. The van der Waals surface area contributed by atoms with Crippen molar-refractivity contribution in [3.63, 3.8) is 0 Å². The van der Waals surface area contributed by atoms with Gasteiger partial charge in [0.15, 0.2) is 8.24 Å². The Kier molecular flexibility index (Phi) is 12.1. The van der Waals surface area contributed by atoms with Gasteiger partial charge in [0.2, 0.25) is 11.9 Å². The molecule has 4 rings (SSSR count). The van der Waals surface area contributed by atoms with E-state index < -0.39 is 20.4 Å². The maximum absolute atomic E-state index is 13.6. The number of β-lactam (4-membered cyclic amide) rings is 1. The SMILES string of the molecule is CC(C)(C)[Si](C)(C)N1C(=O)[C@@H](CCCN=C(NC(=O)OCc2ccccc2)NC(=O)OCc2ccccc2)[C@H]1C=Cc1ccccc1. The van der Waals surface area contributed by atoms with E-state index in [1.54, 1.807) is 0 Å². The van der Waals surface area contributed by atoms with E-state index in [0.717, 1.165) is 16.7 Å². The Morgan fingerprint density at radius 3 is 1.81 bits per heavy atom. The van der Waals surface area contributed by atoms with Gasteiger partial charge in [0.05, 0.1) is 12.0 Å². The lowest BCUT2D eigenvalue weighted by molar-refractivity contribution is -0.145. The van der Waals surface area contributed by atoms with E-state index in [9.17, 15) is 14.4 Å². The maximum Gasteiger partial charge on any atom is 0.414 e. The summed E-state index contributed by atoms with van der Waals surface area (Å²) in [6.45, 7) is 11.5. The zero-order valence-corrected chi connectivity index (χ0v) is 28.9. The number of carbonyl (C=O) groups is 3. The maximum atomic E-state index is 13.6. The van der Waals surface area contributed by atoms with Gasteiger partial charge in [-0.3, -0.25) is 20.4 Å². The van der Waals surface area contributed by atoms with Crippen molar-refractivity contribution in [2.45, 2.75) is 71.0 Å².